The summed E-state index contributed by atoms with van der Waals surface area (Å²) in [5.74, 6) is 1.81. The van der Waals surface area contributed by atoms with Gasteiger partial charge in [-0.15, -0.1) is 0 Å². The lowest BCUT2D eigenvalue weighted by Crippen LogP contribution is -2.30. The number of methoxy groups -OCH3 is 1. The van der Waals surface area contributed by atoms with E-state index in [9.17, 15) is 4.79 Å². The Hall–Kier alpha value is -1.35. The number of hydrogen-bond donors (Lipinski definition) is 1. The topological polar surface area (TPSA) is 38.3 Å². The fraction of sp³-hybridized carbons (Fsp3) is 0.562. The van der Waals surface area contributed by atoms with E-state index in [-0.39, 0.29) is 0 Å². The quantitative estimate of drug-likeness (QED) is 0.855. The van der Waals surface area contributed by atoms with Gasteiger partial charge in [0, 0.05) is 18.4 Å². The number of hydrogen-bond acceptors (Lipinski definition) is 3. The van der Waals surface area contributed by atoms with Gasteiger partial charge in [-0.1, -0.05) is 18.2 Å². The molecule has 1 heterocycles. The van der Waals surface area contributed by atoms with Gasteiger partial charge in [0.1, 0.15) is 11.5 Å². The van der Waals surface area contributed by atoms with Crippen molar-refractivity contribution in [2.75, 3.05) is 20.2 Å². The predicted octanol–water partition coefficient (Wildman–Crippen LogP) is 2.59. The lowest BCUT2D eigenvalue weighted by atomic mass is 9.92. The summed E-state index contributed by atoms with van der Waals surface area (Å²) in [5.41, 5.74) is 0.997. The highest BCUT2D eigenvalue weighted by molar-refractivity contribution is 5.81. The van der Waals surface area contributed by atoms with E-state index in [0.717, 1.165) is 30.8 Å². The summed E-state index contributed by atoms with van der Waals surface area (Å²) in [5, 5.41) is 3.40. The Kier molecular flexibility index (Phi) is 5.40. The average molecular weight is 261 g/mol. The van der Waals surface area contributed by atoms with Crippen LogP contribution in [0, 0.1) is 5.92 Å². The van der Waals surface area contributed by atoms with Crippen molar-refractivity contribution in [3.8, 4) is 5.75 Å². The fourth-order valence-electron chi connectivity index (χ4n) is 2.69. The molecule has 1 saturated heterocycles. The molecule has 1 atom stereocenters. The molecule has 0 spiro atoms. The maximum Gasteiger partial charge on any atom is 0.137 e. The molecule has 1 unspecified atom stereocenters. The van der Waals surface area contributed by atoms with E-state index in [1.807, 2.05) is 24.3 Å². The summed E-state index contributed by atoms with van der Waals surface area (Å²) < 4.78 is 5.28. The molecule has 2 rings (SSSR count). The first-order valence-corrected chi connectivity index (χ1v) is 7.14. The van der Waals surface area contributed by atoms with Crippen LogP contribution in [-0.4, -0.2) is 26.0 Å². The minimum Gasteiger partial charge on any atom is -0.496 e. The van der Waals surface area contributed by atoms with E-state index >= 15 is 0 Å². The Morgan fingerprint density at radius 3 is 3.00 bits per heavy atom. The highest BCUT2D eigenvalue weighted by Crippen LogP contribution is 2.20. The van der Waals surface area contributed by atoms with Crippen LogP contribution in [0.25, 0.3) is 0 Å². The van der Waals surface area contributed by atoms with Gasteiger partial charge in [0.25, 0.3) is 0 Å². The summed E-state index contributed by atoms with van der Waals surface area (Å²) in [6, 6.07) is 7.77. The van der Waals surface area contributed by atoms with Gasteiger partial charge in [0.05, 0.1) is 7.11 Å². The number of carbonyl (C=O) groups excluding carboxylic acids is 1. The zero-order valence-corrected chi connectivity index (χ0v) is 11.7. The molecule has 3 nitrogen and oxygen atoms in total. The standard InChI is InChI=1S/C16H23NO2/c1-19-16-7-3-2-6-14(16)11-15(18)9-8-13-5-4-10-17-12-13/h2-3,6-7,13,17H,4-5,8-12H2,1H3. The summed E-state index contributed by atoms with van der Waals surface area (Å²) in [7, 11) is 1.65. The van der Waals surface area contributed by atoms with Gasteiger partial charge < -0.3 is 10.1 Å². The third-order valence-electron chi connectivity index (χ3n) is 3.81. The van der Waals surface area contributed by atoms with Gasteiger partial charge in [-0.05, 0) is 44.3 Å². The van der Waals surface area contributed by atoms with Gasteiger partial charge >= 0.3 is 0 Å². The van der Waals surface area contributed by atoms with Gasteiger partial charge in [-0.2, -0.15) is 0 Å². The van der Waals surface area contributed by atoms with E-state index in [2.05, 4.69) is 5.32 Å². The van der Waals surface area contributed by atoms with Crippen LogP contribution in [0.5, 0.6) is 5.75 Å². The van der Waals surface area contributed by atoms with Crippen LogP contribution >= 0.6 is 0 Å². The van der Waals surface area contributed by atoms with Crippen LogP contribution < -0.4 is 10.1 Å². The number of ketones is 1. The maximum absolute atomic E-state index is 12.0. The second-order valence-electron chi connectivity index (χ2n) is 5.28. The number of ether oxygens (including phenoxy) is 1. The van der Waals surface area contributed by atoms with Crippen molar-refractivity contribution < 1.29 is 9.53 Å². The van der Waals surface area contributed by atoms with Crippen LogP contribution in [-0.2, 0) is 11.2 Å². The Labute approximate surface area is 115 Å². The molecular weight excluding hydrogens is 238 g/mol. The van der Waals surface area contributed by atoms with Gasteiger partial charge in [0.2, 0.25) is 0 Å². The summed E-state index contributed by atoms with van der Waals surface area (Å²) >= 11 is 0. The molecule has 0 bridgehead atoms. The minimum absolute atomic E-state index is 0.315. The SMILES string of the molecule is COc1ccccc1CC(=O)CCC1CCCNC1. The van der Waals surface area contributed by atoms with Gasteiger partial charge in [-0.3, -0.25) is 4.79 Å². The van der Waals surface area contributed by atoms with Crippen molar-refractivity contribution >= 4 is 5.78 Å². The van der Waals surface area contributed by atoms with E-state index in [0.29, 0.717) is 24.5 Å². The molecule has 0 amide bonds. The lowest BCUT2D eigenvalue weighted by molar-refractivity contribution is -0.118. The van der Waals surface area contributed by atoms with E-state index in [4.69, 9.17) is 4.74 Å². The first-order valence-electron chi connectivity index (χ1n) is 7.14. The van der Waals surface area contributed by atoms with Gasteiger partial charge in [0.15, 0.2) is 0 Å². The first kappa shape index (κ1) is 14.1. The van der Waals surface area contributed by atoms with Crippen LogP contribution in [0.3, 0.4) is 0 Å². The zero-order chi connectivity index (χ0) is 13.5. The third kappa shape index (κ3) is 4.35. The predicted molar refractivity (Wildman–Crippen MR) is 76.5 cm³/mol. The molecule has 0 aromatic heterocycles. The Bertz CT molecular complexity index is 411. The van der Waals surface area contributed by atoms with Gasteiger partial charge in [-0.25, -0.2) is 0 Å². The Morgan fingerprint density at radius 1 is 1.42 bits per heavy atom. The molecule has 19 heavy (non-hydrogen) atoms. The van der Waals surface area contributed by atoms with E-state index in [1.54, 1.807) is 7.11 Å². The second-order valence-corrected chi connectivity index (χ2v) is 5.28. The molecule has 1 aliphatic heterocycles. The fourth-order valence-corrected chi connectivity index (χ4v) is 2.69. The summed E-state index contributed by atoms with van der Waals surface area (Å²) in [6.07, 6.45) is 4.69. The summed E-state index contributed by atoms with van der Waals surface area (Å²) in [6.45, 7) is 2.20. The van der Waals surface area contributed by atoms with Crippen LogP contribution in [0.4, 0.5) is 0 Å². The molecule has 1 aromatic rings. The molecule has 0 aliphatic carbocycles. The number of para-hydroxylation sites is 1. The van der Waals surface area contributed by atoms with E-state index in [1.165, 1.54) is 12.8 Å². The van der Waals surface area contributed by atoms with Crippen LogP contribution in [0.15, 0.2) is 24.3 Å². The van der Waals surface area contributed by atoms with Crippen molar-refractivity contribution in [2.24, 2.45) is 5.92 Å². The molecule has 1 fully saturated rings. The lowest BCUT2D eigenvalue weighted by Gasteiger charge is -2.22. The molecule has 0 radical (unpaired) electrons. The number of carbonyl (C=O) groups is 1. The van der Waals surface area contributed by atoms with Crippen molar-refractivity contribution in [1.82, 2.24) is 5.32 Å². The number of Topliss-reactive ketones (excluding diaryl/α,β-unsaturated/α-hetero) is 1. The minimum atomic E-state index is 0.315. The van der Waals surface area contributed by atoms with Crippen molar-refractivity contribution in [3.05, 3.63) is 29.8 Å². The van der Waals surface area contributed by atoms with Crippen molar-refractivity contribution in [1.29, 1.82) is 0 Å². The highest BCUT2D eigenvalue weighted by Gasteiger charge is 2.15. The molecule has 104 valence electrons. The normalized spacial score (nSPS) is 19.1. The third-order valence-corrected chi connectivity index (χ3v) is 3.81. The second kappa shape index (κ2) is 7.29. The van der Waals surface area contributed by atoms with Crippen molar-refractivity contribution in [3.63, 3.8) is 0 Å². The molecule has 1 aromatic carbocycles. The maximum atomic E-state index is 12.0. The zero-order valence-electron chi connectivity index (χ0n) is 11.7. The smallest absolute Gasteiger partial charge is 0.137 e. The molecule has 1 aliphatic rings. The molecule has 1 N–H and O–H groups in total. The Balaban J connectivity index is 1.80. The molecule has 3 heteroatoms. The van der Waals surface area contributed by atoms with Crippen LogP contribution in [0.2, 0.25) is 0 Å². The Morgan fingerprint density at radius 2 is 2.26 bits per heavy atom. The van der Waals surface area contributed by atoms with E-state index < -0.39 is 0 Å². The monoisotopic (exact) mass is 261 g/mol. The highest BCUT2D eigenvalue weighted by atomic mass is 16.5. The number of piperidine rings is 1. The molecule has 0 saturated carbocycles. The van der Waals surface area contributed by atoms with Crippen molar-refractivity contribution in [2.45, 2.75) is 32.1 Å². The number of nitrogens with one attached hydrogen (secondary N) is 1. The first-order chi connectivity index (χ1) is 9.29. The van der Waals surface area contributed by atoms with Crippen LogP contribution in [0.1, 0.15) is 31.2 Å². The number of rotatable bonds is 6. The number of benzene rings is 1. The molecular formula is C16H23NO2. The summed E-state index contributed by atoms with van der Waals surface area (Å²) in [4.78, 5) is 12.0. The average Bonchev–Trinajstić information content (AvgIpc) is 2.47. The largest absolute Gasteiger partial charge is 0.496 e.